The van der Waals surface area contributed by atoms with Crippen LogP contribution in [0.15, 0.2) is 60.1 Å². The van der Waals surface area contributed by atoms with E-state index >= 15 is 0 Å². The van der Waals surface area contributed by atoms with E-state index in [1.54, 1.807) is 41.5 Å². The lowest BCUT2D eigenvalue weighted by Gasteiger charge is -2.27. The number of hydrogen-bond acceptors (Lipinski definition) is 6. The number of halogens is 2. The summed E-state index contributed by atoms with van der Waals surface area (Å²) in [5.41, 5.74) is 0.361. The lowest BCUT2D eigenvalue weighted by atomic mass is 9.95. The number of carboxylic acid groups (broad SMARTS) is 1. The highest BCUT2D eigenvalue weighted by Gasteiger charge is 2.57. The lowest BCUT2D eigenvalue weighted by molar-refractivity contribution is -0.149. The summed E-state index contributed by atoms with van der Waals surface area (Å²) in [5, 5.41) is 9.01. The zero-order chi connectivity index (χ0) is 25.0. The Bertz CT molecular complexity index is 1410. The highest BCUT2D eigenvalue weighted by molar-refractivity contribution is 7.92. The van der Waals surface area contributed by atoms with Crippen molar-refractivity contribution in [1.29, 1.82) is 0 Å². The van der Waals surface area contributed by atoms with Gasteiger partial charge in [0.25, 0.3) is 0 Å². The number of sulfone groups is 1. The normalized spacial score (nSPS) is 21.1. The molecule has 1 aliphatic heterocycles. The molecule has 1 aliphatic carbocycles. The van der Waals surface area contributed by atoms with Crippen LogP contribution >= 0.6 is 23.2 Å². The van der Waals surface area contributed by atoms with E-state index in [2.05, 4.69) is 9.97 Å². The fourth-order valence-electron chi connectivity index (χ4n) is 4.64. The maximum absolute atomic E-state index is 13.6. The SMILES string of the molecule is O=C(O)[C@@H]1C[C@@H](S(=O)(=O)c2ccc(-n3ccnc3)cc2Cl)CN1C(=O)C1(c2ccc(Cl)nc2)CC1. The van der Waals surface area contributed by atoms with Crippen molar-refractivity contribution in [3.05, 3.63) is 71.0 Å². The van der Waals surface area contributed by atoms with Crippen molar-refractivity contribution in [3.63, 3.8) is 0 Å². The first kappa shape index (κ1) is 23.8. The van der Waals surface area contributed by atoms with Gasteiger partial charge in [-0.3, -0.25) is 4.79 Å². The molecule has 2 fully saturated rings. The smallest absolute Gasteiger partial charge is 0.326 e. The first-order valence-electron chi connectivity index (χ1n) is 10.8. The van der Waals surface area contributed by atoms with Gasteiger partial charge in [0.2, 0.25) is 5.91 Å². The van der Waals surface area contributed by atoms with E-state index in [-0.39, 0.29) is 28.0 Å². The number of aromatic nitrogens is 3. The van der Waals surface area contributed by atoms with Crippen LogP contribution < -0.4 is 0 Å². The summed E-state index contributed by atoms with van der Waals surface area (Å²) in [6.07, 6.45) is 7.17. The van der Waals surface area contributed by atoms with Gasteiger partial charge in [-0.15, -0.1) is 0 Å². The molecule has 1 saturated carbocycles. The Balaban J connectivity index is 1.43. The summed E-state index contributed by atoms with van der Waals surface area (Å²) in [5.74, 6) is -1.66. The van der Waals surface area contributed by atoms with Crippen LogP contribution in [0.25, 0.3) is 5.69 Å². The molecular formula is C23H20Cl2N4O5S. The van der Waals surface area contributed by atoms with Gasteiger partial charge in [-0.2, -0.15) is 0 Å². The molecule has 35 heavy (non-hydrogen) atoms. The minimum Gasteiger partial charge on any atom is -0.480 e. The number of carbonyl (C=O) groups excluding carboxylic acids is 1. The average Bonchev–Trinajstić information content (AvgIpc) is 3.23. The number of carboxylic acids is 1. The second-order valence-corrected chi connectivity index (χ2v) is 11.7. The average molecular weight is 535 g/mol. The second kappa shape index (κ2) is 8.61. The highest BCUT2D eigenvalue weighted by atomic mass is 35.5. The molecule has 0 unspecified atom stereocenters. The number of aliphatic carboxylic acids is 1. The Morgan fingerprint density at radius 1 is 1.14 bits per heavy atom. The molecule has 1 aromatic carbocycles. The molecule has 182 valence electrons. The molecule has 2 atom stereocenters. The summed E-state index contributed by atoms with van der Waals surface area (Å²) >= 11 is 12.2. The first-order chi connectivity index (χ1) is 16.6. The number of benzene rings is 1. The van der Waals surface area contributed by atoms with Crippen molar-refractivity contribution in [1.82, 2.24) is 19.4 Å². The Kier molecular flexibility index (Phi) is 5.85. The Hall–Kier alpha value is -2.95. The third-order valence-corrected chi connectivity index (χ3v) is 9.55. The zero-order valence-electron chi connectivity index (χ0n) is 18.2. The van der Waals surface area contributed by atoms with Gasteiger partial charge in [0.05, 0.1) is 26.9 Å². The van der Waals surface area contributed by atoms with E-state index in [0.717, 1.165) is 0 Å². The van der Waals surface area contributed by atoms with Gasteiger partial charge < -0.3 is 14.6 Å². The predicted octanol–water partition coefficient (Wildman–Crippen LogP) is 3.13. The van der Waals surface area contributed by atoms with Gasteiger partial charge in [0.15, 0.2) is 9.84 Å². The molecule has 0 bridgehead atoms. The summed E-state index contributed by atoms with van der Waals surface area (Å²) < 4.78 is 28.7. The zero-order valence-corrected chi connectivity index (χ0v) is 20.5. The van der Waals surface area contributed by atoms with Crippen LogP contribution in [0.5, 0.6) is 0 Å². The van der Waals surface area contributed by atoms with E-state index in [9.17, 15) is 23.1 Å². The molecule has 2 aliphatic rings. The number of pyridine rings is 1. The van der Waals surface area contributed by atoms with E-state index in [0.29, 0.717) is 24.1 Å². The van der Waals surface area contributed by atoms with Crippen LogP contribution in [0.3, 0.4) is 0 Å². The van der Waals surface area contributed by atoms with E-state index in [4.69, 9.17) is 23.2 Å². The molecule has 3 heterocycles. The van der Waals surface area contributed by atoms with Crippen LogP contribution in [0.2, 0.25) is 10.2 Å². The van der Waals surface area contributed by atoms with Gasteiger partial charge in [0.1, 0.15) is 11.2 Å². The molecule has 1 amide bonds. The molecule has 12 heteroatoms. The van der Waals surface area contributed by atoms with Crippen molar-refractivity contribution >= 4 is 44.9 Å². The van der Waals surface area contributed by atoms with Crippen LogP contribution in [0.1, 0.15) is 24.8 Å². The molecule has 0 radical (unpaired) electrons. The second-order valence-electron chi connectivity index (χ2n) is 8.75. The van der Waals surface area contributed by atoms with Crippen molar-refractivity contribution in [2.45, 2.75) is 40.9 Å². The topological polar surface area (TPSA) is 122 Å². The summed E-state index contributed by atoms with van der Waals surface area (Å²) in [7, 11) is -4.03. The number of imidazole rings is 1. The van der Waals surface area contributed by atoms with Crippen LogP contribution in [0, 0.1) is 0 Å². The van der Waals surface area contributed by atoms with Crippen LogP contribution in [-0.2, 0) is 24.8 Å². The Labute approximate surface area is 211 Å². The first-order valence-corrected chi connectivity index (χ1v) is 13.1. The summed E-state index contributed by atoms with van der Waals surface area (Å²) in [6, 6.07) is 6.52. The van der Waals surface area contributed by atoms with Crippen LogP contribution in [0.4, 0.5) is 0 Å². The lowest BCUT2D eigenvalue weighted by Crippen LogP contribution is -2.46. The van der Waals surface area contributed by atoms with Crippen molar-refractivity contribution in [2.24, 2.45) is 0 Å². The van der Waals surface area contributed by atoms with E-state index < -0.39 is 38.4 Å². The maximum Gasteiger partial charge on any atom is 0.326 e. The third kappa shape index (κ3) is 4.09. The van der Waals surface area contributed by atoms with Gasteiger partial charge in [-0.25, -0.2) is 23.2 Å². The summed E-state index contributed by atoms with van der Waals surface area (Å²) in [4.78, 5) is 34.7. The van der Waals surface area contributed by atoms with Gasteiger partial charge >= 0.3 is 5.97 Å². The molecule has 2 aromatic heterocycles. The van der Waals surface area contributed by atoms with E-state index in [1.807, 2.05) is 0 Å². The van der Waals surface area contributed by atoms with Crippen molar-refractivity contribution in [3.8, 4) is 5.69 Å². The fraction of sp³-hybridized carbons (Fsp3) is 0.304. The molecule has 3 aromatic rings. The predicted molar refractivity (Wildman–Crippen MR) is 127 cm³/mol. The highest BCUT2D eigenvalue weighted by Crippen LogP contribution is 2.50. The number of carbonyl (C=O) groups is 2. The number of nitrogens with zero attached hydrogens (tertiary/aromatic N) is 4. The monoisotopic (exact) mass is 534 g/mol. The standard InChI is InChI=1S/C23H20Cl2N4O5S/c24-17-9-15(28-8-7-26-13-28)2-3-19(17)35(33,34)16-10-18(21(30)31)29(12-16)22(32)23(5-6-23)14-1-4-20(25)27-11-14/h1-4,7-9,11,13,16,18H,5-6,10,12H2,(H,30,31)/t16-,18+/m1/s1. The van der Waals surface area contributed by atoms with Crippen molar-refractivity contribution < 1.29 is 23.1 Å². The van der Waals surface area contributed by atoms with E-state index in [1.165, 1.54) is 23.2 Å². The van der Waals surface area contributed by atoms with Gasteiger partial charge in [-0.05, 0) is 49.1 Å². The molecule has 9 nitrogen and oxygen atoms in total. The molecule has 1 N–H and O–H groups in total. The minimum absolute atomic E-state index is 0.0127. The third-order valence-electron chi connectivity index (χ3n) is 6.71. The Morgan fingerprint density at radius 2 is 1.91 bits per heavy atom. The number of likely N-dealkylation sites (tertiary alicyclic amines) is 1. The maximum atomic E-state index is 13.6. The van der Waals surface area contributed by atoms with Gasteiger partial charge in [0, 0.05) is 30.8 Å². The van der Waals surface area contributed by atoms with Crippen molar-refractivity contribution in [2.75, 3.05) is 6.54 Å². The summed E-state index contributed by atoms with van der Waals surface area (Å²) in [6.45, 7) is -0.236. The molecule has 5 rings (SSSR count). The Morgan fingerprint density at radius 3 is 2.49 bits per heavy atom. The molecular weight excluding hydrogens is 515 g/mol. The minimum atomic E-state index is -4.03. The number of rotatable bonds is 6. The molecule has 0 spiro atoms. The number of amides is 1. The fourth-order valence-corrected chi connectivity index (χ4v) is 6.99. The van der Waals surface area contributed by atoms with Gasteiger partial charge in [-0.1, -0.05) is 29.3 Å². The quantitative estimate of drug-likeness (QED) is 0.482. The number of hydrogen-bond donors (Lipinski definition) is 1. The largest absolute Gasteiger partial charge is 0.480 e. The molecule has 1 saturated heterocycles. The van der Waals surface area contributed by atoms with Crippen LogP contribution in [-0.4, -0.2) is 62.7 Å².